The van der Waals surface area contributed by atoms with Crippen LogP contribution in [0.1, 0.15) is 39.2 Å². The Bertz CT molecular complexity index is 845. The molecule has 0 aliphatic carbocycles. The van der Waals surface area contributed by atoms with Gasteiger partial charge in [0.2, 0.25) is 17.7 Å². The van der Waals surface area contributed by atoms with Gasteiger partial charge in [-0.3, -0.25) is 14.4 Å². The van der Waals surface area contributed by atoms with Crippen molar-refractivity contribution in [2.24, 2.45) is 11.7 Å². The van der Waals surface area contributed by atoms with Crippen LogP contribution in [0.25, 0.3) is 0 Å². The Morgan fingerprint density at radius 3 is 2.27 bits per heavy atom. The van der Waals surface area contributed by atoms with Gasteiger partial charge in [-0.05, 0) is 31.2 Å². The Morgan fingerprint density at radius 2 is 1.73 bits per heavy atom. The summed E-state index contributed by atoms with van der Waals surface area (Å²) >= 11 is 0. The van der Waals surface area contributed by atoms with E-state index < -0.39 is 54.0 Å². The van der Waals surface area contributed by atoms with E-state index >= 15 is 0 Å². The number of aliphatic hydroxyl groups is 1. The Hall–Kier alpha value is -2.98. The molecular formula is C23H34N4O6. The van der Waals surface area contributed by atoms with E-state index in [1.54, 1.807) is 13.8 Å². The predicted octanol–water partition coefficient (Wildman–Crippen LogP) is -0.362. The van der Waals surface area contributed by atoms with E-state index in [0.29, 0.717) is 19.4 Å². The maximum atomic E-state index is 13.3. The van der Waals surface area contributed by atoms with Crippen LogP contribution >= 0.6 is 0 Å². The molecule has 0 bridgehead atoms. The summed E-state index contributed by atoms with van der Waals surface area (Å²) in [5.74, 6) is -3.16. The van der Waals surface area contributed by atoms with Gasteiger partial charge in [0, 0.05) is 13.0 Å². The number of carboxylic acid groups (broad SMARTS) is 1. The zero-order valence-corrected chi connectivity index (χ0v) is 19.2. The second-order valence-corrected chi connectivity index (χ2v) is 8.78. The van der Waals surface area contributed by atoms with Crippen LogP contribution in [0.2, 0.25) is 0 Å². The lowest BCUT2D eigenvalue weighted by Gasteiger charge is -2.30. The third-order valence-corrected chi connectivity index (χ3v) is 5.79. The Labute approximate surface area is 193 Å². The van der Waals surface area contributed by atoms with Crippen LogP contribution in [0.5, 0.6) is 0 Å². The van der Waals surface area contributed by atoms with E-state index in [1.165, 1.54) is 11.8 Å². The van der Waals surface area contributed by atoms with E-state index in [0.717, 1.165) is 5.56 Å². The fraction of sp³-hybridized carbons (Fsp3) is 0.565. The van der Waals surface area contributed by atoms with Gasteiger partial charge in [0.1, 0.15) is 24.2 Å². The van der Waals surface area contributed by atoms with Crippen molar-refractivity contribution in [1.29, 1.82) is 0 Å². The van der Waals surface area contributed by atoms with E-state index in [4.69, 9.17) is 5.73 Å². The number of likely N-dealkylation sites (tertiary alicyclic amines) is 1. The summed E-state index contributed by atoms with van der Waals surface area (Å²) < 4.78 is 0. The fourth-order valence-electron chi connectivity index (χ4n) is 3.80. The van der Waals surface area contributed by atoms with Crippen molar-refractivity contribution in [3.05, 3.63) is 35.9 Å². The number of aliphatic hydroxyl groups excluding tert-OH is 1. The normalized spacial score (nSPS) is 19.5. The molecule has 3 amide bonds. The predicted molar refractivity (Wildman–Crippen MR) is 121 cm³/mol. The average molecular weight is 463 g/mol. The number of hydrogen-bond donors (Lipinski definition) is 5. The first-order chi connectivity index (χ1) is 15.5. The third kappa shape index (κ3) is 7.00. The van der Waals surface area contributed by atoms with Crippen molar-refractivity contribution in [2.75, 3.05) is 6.54 Å². The molecule has 10 nitrogen and oxygen atoms in total. The van der Waals surface area contributed by atoms with Crippen LogP contribution in [0.4, 0.5) is 0 Å². The molecule has 1 fully saturated rings. The number of benzene rings is 1. The number of amides is 3. The first-order valence-electron chi connectivity index (χ1n) is 11.1. The van der Waals surface area contributed by atoms with Gasteiger partial charge in [0.25, 0.3) is 0 Å². The van der Waals surface area contributed by atoms with Crippen LogP contribution in [-0.4, -0.2) is 75.6 Å². The van der Waals surface area contributed by atoms with Crippen molar-refractivity contribution in [3.8, 4) is 0 Å². The van der Waals surface area contributed by atoms with Crippen LogP contribution in [0.3, 0.4) is 0 Å². The molecule has 0 aromatic heterocycles. The molecule has 0 saturated carbocycles. The van der Waals surface area contributed by atoms with Gasteiger partial charge in [-0.2, -0.15) is 0 Å². The maximum absolute atomic E-state index is 13.3. The standard InChI is InChI=1S/C23H34N4O6/c1-13(2)19(26-20(29)18(24)14(3)28)21(30)25-16(12-15-8-5-4-6-9-15)22(31)27-11-7-10-17(27)23(32)33/h4-6,8-9,13-14,16-19,28H,7,10-12,24H2,1-3H3,(H,25,30)(H,26,29)(H,32,33). The molecule has 33 heavy (non-hydrogen) atoms. The second kappa shape index (κ2) is 11.8. The van der Waals surface area contributed by atoms with E-state index in [1.807, 2.05) is 30.3 Å². The summed E-state index contributed by atoms with van der Waals surface area (Å²) in [5.41, 5.74) is 6.47. The Balaban J connectivity index is 2.24. The number of carboxylic acids is 1. The molecule has 1 aromatic carbocycles. The highest BCUT2D eigenvalue weighted by Crippen LogP contribution is 2.20. The Morgan fingerprint density at radius 1 is 1.09 bits per heavy atom. The number of nitrogens with two attached hydrogens (primary N) is 1. The molecule has 1 aliphatic heterocycles. The lowest BCUT2D eigenvalue weighted by atomic mass is 10.00. The minimum atomic E-state index is -1.21. The molecule has 0 radical (unpaired) electrons. The van der Waals surface area contributed by atoms with Crippen LogP contribution in [-0.2, 0) is 25.6 Å². The van der Waals surface area contributed by atoms with Gasteiger partial charge < -0.3 is 31.5 Å². The average Bonchev–Trinajstić information content (AvgIpc) is 3.26. The van der Waals surface area contributed by atoms with E-state index in [9.17, 15) is 29.4 Å². The van der Waals surface area contributed by atoms with Crippen LogP contribution in [0.15, 0.2) is 30.3 Å². The van der Waals surface area contributed by atoms with Crippen molar-refractivity contribution in [1.82, 2.24) is 15.5 Å². The molecule has 182 valence electrons. The number of carbonyl (C=O) groups excluding carboxylic acids is 3. The number of rotatable bonds is 10. The monoisotopic (exact) mass is 462 g/mol. The molecule has 1 saturated heterocycles. The molecule has 5 atom stereocenters. The minimum Gasteiger partial charge on any atom is -0.480 e. The van der Waals surface area contributed by atoms with Gasteiger partial charge >= 0.3 is 5.97 Å². The molecule has 5 unspecified atom stereocenters. The number of aliphatic carboxylic acids is 1. The summed E-state index contributed by atoms with van der Waals surface area (Å²) in [6.07, 6.45) is -0.0115. The van der Waals surface area contributed by atoms with Crippen LogP contribution < -0.4 is 16.4 Å². The summed E-state index contributed by atoms with van der Waals surface area (Å²) in [4.78, 5) is 51.7. The number of nitrogens with one attached hydrogen (secondary N) is 2. The summed E-state index contributed by atoms with van der Waals surface area (Å²) in [5, 5.41) is 24.3. The highest BCUT2D eigenvalue weighted by Gasteiger charge is 2.38. The topological polar surface area (TPSA) is 162 Å². The number of carbonyl (C=O) groups is 4. The summed E-state index contributed by atoms with van der Waals surface area (Å²) in [6, 6.07) is 4.93. The van der Waals surface area contributed by atoms with Crippen molar-refractivity contribution in [2.45, 2.75) is 70.3 Å². The first-order valence-corrected chi connectivity index (χ1v) is 11.1. The van der Waals surface area contributed by atoms with Gasteiger partial charge in [0.15, 0.2) is 0 Å². The van der Waals surface area contributed by atoms with Crippen molar-refractivity contribution in [3.63, 3.8) is 0 Å². The fourth-order valence-corrected chi connectivity index (χ4v) is 3.80. The van der Waals surface area contributed by atoms with E-state index in [-0.39, 0.29) is 12.3 Å². The van der Waals surface area contributed by atoms with Gasteiger partial charge in [0.05, 0.1) is 6.10 Å². The molecule has 0 spiro atoms. The number of hydrogen-bond acceptors (Lipinski definition) is 6. The summed E-state index contributed by atoms with van der Waals surface area (Å²) in [7, 11) is 0. The molecule has 10 heteroatoms. The highest BCUT2D eigenvalue weighted by molar-refractivity contribution is 5.94. The number of nitrogens with zero attached hydrogens (tertiary/aromatic N) is 1. The molecule has 1 aromatic rings. The highest BCUT2D eigenvalue weighted by atomic mass is 16.4. The smallest absolute Gasteiger partial charge is 0.326 e. The third-order valence-electron chi connectivity index (χ3n) is 5.79. The second-order valence-electron chi connectivity index (χ2n) is 8.78. The zero-order chi connectivity index (χ0) is 24.7. The van der Waals surface area contributed by atoms with Gasteiger partial charge in [-0.1, -0.05) is 44.2 Å². The first kappa shape index (κ1) is 26.3. The molecular weight excluding hydrogens is 428 g/mol. The molecule has 1 aliphatic rings. The molecule has 2 rings (SSSR count). The lowest BCUT2D eigenvalue weighted by Crippen LogP contribution is -2.59. The molecule has 1 heterocycles. The quantitative estimate of drug-likeness (QED) is 0.317. The van der Waals surface area contributed by atoms with Gasteiger partial charge in [-0.15, -0.1) is 0 Å². The lowest BCUT2D eigenvalue weighted by molar-refractivity contribution is -0.149. The zero-order valence-electron chi connectivity index (χ0n) is 19.2. The largest absolute Gasteiger partial charge is 0.480 e. The van der Waals surface area contributed by atoms with Crippen molar-refractivity contribution < 1.29 is 29.4 Å². The van der Waals surface area contributed by atoms with E-state index in [2.05, 4.69) is 10.6 Å². The summed E-state index contributed by atoms with van der Waals surface area (Å²) in [6.45, 7) is 5.13. The van der Waals surface area contributed by atoms with Gasteiger partial charge in [-0.25, -0.2) is 4.79 Å². The maximum Gasteiger partial charge on any atom is 0.326 e. The SMILES string of the molecule is CC(C)C(NC(=O)C(N)C(C)O)C(=O)NC(Cc1ccccc1)C(=O)N1CCCC1C(=O)O. The van der Waals surface area contributed by atoms with Crippen molar-refractivity contribution >= 4 is 23.7 Å². The Kier molecular flexibility index (Phi) is 9.36. The van der Waals surface area contributed by atoms with Crippen LogP contribution in [0, 0.1) is 5.92 Å². The minimum absolute atomic E-state index is 0.167. The molecule has 6 N–H and O–H groups in total.